The van der Waals surface area contributed by atoms with E-state index in [2.05, 4.69) is 6.92 Å². The van der Waals surface area contributed by atoms with Gasteiger partial charge < -0.3 is 4.90 Å². The van der Waals surface area contributed by atoms with Crippen LogP contribution in [0.3, 0.4) is 0 Å². The molecule has 6 heteroatoms. The third-order valence-electron chi connectivity index (χ3n) is 4.68. The van der Waals surface area contributed by atoms with Crippen molar-refractivity contribution < 1.29 is 13.2 Å². The minimum absolute atomic E-state index is 0.0555. The minimum atomic E-state index is -3.15. The number of carbonyl (C=O) groups is 1. The first kappa shape index (κ1) is 18.0. The quantitative estimate of drug-likeness (QED) is 0.701. The van der Waals surface area contributed by atoms with Gasteiger partial charge in [0.1, 0.15) is 0 Å². The van der Waals surface area contributed by atoms with Crippen LogP contribution in [0, 0.1) is 5.92 Å². The number of rotatable bonds is 7. The Balaban J connectivity index is 1.63. The molecule has 0 unspecified atom stereocenters. The molecule has 2 fully saturated rings. The third-order valence-corrected chi connectivity index (χ3v) is 6.55. The molecule has 1 aliphatic heterocycles. The highest BCUT2D eigenvalue weighted by atomic mass is 32.2. The highest BCUT2D eigenvalue weighted by Gasteiger charge is 2.28. The highest BCUT2D eigenvalue weighted by Crippen LogP contribution is 2.30. The van der Waals surface area contributed by atoms with Crippen LogP contribution in [0.5, 0.6) is 0 Å². The molecule has 1 saturated heterocycles. The summed E-state index contributed by atoms with van der Waals surface area (Å²) in [7, 11) is -3.15. The Bertz CT molecular complexity index is 736. The molecular formula is C19H26N2O3S. The van der Waals surface area contributed by atoms with Crippen LogP contribution in [0.25, 0.3) is 6.08 Å². The Hall–Kier alpha value is -1.82. The van der Waals surface area contributed by atoms with Gasteiger partial charge in [0.05, 0.1) is 11.4 Å². The van der Waals surface area contributed by atoms with Crippen molar-refractivity contribution in [1.82, 2.24) is 4.90 Å². The van der Waals surface area contributed by atoms with Crippen molar-refractivity contribution in [2.45, 2.75) is 32.6 Å². The molecule has 0 radical (unpaired) electrons. The summed E-state index contributed by atoms with van der Waals surface area (Å²) in [5, 5.41) is 0. The molecule has 1 aromatic carbocycles. The number of hydrogen-bond acceptors (Lipinski definition) is 3. The molecule has 1 heterocycles. The zero-order valence-corrected chi connectivity index (χ0v) is 15.5. The van der Waals surface area contributed by atoms with Crippen LogP contribution >= 0.6 is 0 Å². The van der Waals surface area contributed by atoms with Gasteiger partial charge in [0.25, 0.3) is 0 Å². The van der Waals surface area contributed by atoms with Crippen LogP contribution in [-0.2, 0) is 14.8 Å². The van der Waals surface area contributed by atoms with E-state index < -0.39 is 10.0 Å². The summed E-state index contributed by atoms with van der Waals surface area (Å²) in [6, 6.07) is 7.33. The minimum Gasteiger partial charge on any atom is -0.339 e. The van der Waals surface area contributed by atoms with Gasteiger partial charge in [-0.25, -0.2) is 8.42 Å². The number of amides is 1. The monoisotopic (exact) mass is 362 g/mol. The summed E-state index contributed by atoms with van der Waals surface area (Å²) in [5.74, 6) is 0.961. The van der Waals surface area contributed by atoms with Gasteiger partial charge in [-0.3, -0.25) is 9.10 Å². The highest BCUT2D eigenvalue weighted by molar-refractivity contribution is 7.93. The molecule has 0 bridgehead atoms. The number of anilines is 1. The fourth-order valence-corrected chi connectivity index (χ4v) is 4.69. The van der Waals surface area contributed by atoms with Crippen molar-refractivity contribution in [1.29, 1.82) is 0 Å². The molecule has 3 rings (SSSR count). The van der Waals surface area contributed by atoms with E-state index in [1.54, 1.807) is 24.3 Å². The van der Waals surface area contributed by atoms with Gasteiger partial charge in [0, 0.05) is 25.7 Å². The van der Waals surface area contributed by atoms with Crippen molar-refractivity contribution in [3.05, 3.63) is 35.9 Å². The number of sulfonamides is 1. The summed E-state index contributed by atoms with van der Waals surface area (Å²) in [5.41, 5.74) is 1.60. The first-order valence-electron chi connectivity index (χ1n) is 9.07. The Labute approximate surface area is 150 Å². The molecule has 0 spiro atoms. The molecule has 25 heavy (non-hydrogen) atoms. The molecule has 1 saturated carbocycles. The van der Waals surface area contributed by atoms with E-state index >= 15 is 0 Å². The predicted molar refractivity (Wildman–Crippen MR) is 101 cm³/mol. The Morgan fingerprint density at radius 2 is 2.00 bits per heavy atom. The van der Waals surface area contributed by atoms with Crippen LogP contribution in [0.4, 0.5) is 5.69 Å². The van der Waals surface area contributed by atoms with E-state index in [0.717, 1.165) is 25.1 Å². The normalized spacial score (nSPS) is 19.5. The lowest BCUT2D eigenvalue weighted by molar-refractivity contribution is -0.126. The summed E-state index contributed by atoms with van der Waals surface area (Å²) in [4.78, 5) is 14.3. The van der Waals surface area contributed by atoms with E-state index in [1.165, 1.54) is 17.1 Å². The summed E-state index contributed by atoms with van der Waals surface area (Å²) in [6.07, 6.45) is 7.54. The molecule has 0 aromatic heterocycles. The molecule has 2 aliphatic rings. The van der Waals surface area contributed by atoms with Crippen LogP contribution in [0.1, 0.15) is 38.2 Å². The zero-order chi connectivity index (χ0) is 17.9. The van der Waals surface area contributed by atoms with E-state index in [0.29, 0.717) is 24.6 Å². The lowest BCUT2D eigenvalue weighted by Gasteiger charge is -2.20. The van der Waals surface area contributed by atoms with Crippen molar-refractivity contribution >= 4 is 27.7 Å². The number of hydrogen-bond donors (Lipinski definition) is 0. The van der Waals surface area contributed by atoms with Gasteiger partial charge in [0.15, 0.2) is 0 Å². The molecule has 136 valence electrons. The first-order valence-corrected chi connectivity index (χ1v) is 10.7. The second-order valence-electron chi connectivity index (χ2n) is 6.89. The predicted octanol–water partition coefficient (Wildman–Crippen LogP) is 2.89. The summed E-state index contributed by atoms with van der Waals surface area (Å²) >= 11 is 0. The van der Waals surface area contributed by atoms with Crippen molar-refractivity contribution in [3.8, 4) is 0 Å². The maximum atomic E-state index is 12.4. The van der Waals surface area contributed by atoms with Gasteiger partial charge in [-0.1, -0.05) is 19.1 Å². The van der Waals surface area contributed by atoms with Crippen molar-refractivity contribution in [2.75, 3.05) is 29.7 Å². The maximum Gasteiger partial charge on any atom is 0.246 e. The van der Waals surface area contributed by atoms with E-state index in [1.807, 2.05) is 17.0 Å². The number of nitrogens with zero attached hydrogens (tertiary/aromatic N) is 2. The van der Waals surface area contributed by atoms with Crippen LogP contribution in [0.15, 0.2) is 30.3 Å². The Morgan fingerprint density at radius 1 is 1.28 bits per heavy atom. The standard InChI is InChI=1S/C19H26N2O3S/c1-2-12-20(15-17-4-5-17)19(22)11-8-16-6-9-18(10-7-16)21-13-3-14-25(21,23)24/h6-11,17H,2-5,12-15H2,1H3/b11-8+. The Kier molecular flexibility index (Phi) is 5.47. The fourth-order valence-electron chi connectivity index (χ4n) is 3.13. The average Bonchev–Trinajstić information content (AvgIpc) is 3.34. The third kappa shape index (κ3) is 4.63. The van der Waals surface area contributed by atoms with Crippen molar-refractivity contribution in [2.24, 2.45) is 5.92 Å². The molecule has 0 atom stereocenters. The molecule has 0 N–H and O–H groups in total. The summed E-state index contributed by atoms with van der Waals surface area (Å²) < 4.78 is 25.4. The summed E-state index contributed by atoms with van der Waals surface area (Å²) in [6.45, 7) is 4.29. The Morgan fingerprint density at radius 3 is 2.56 bits per heavy atom. The van der Waals surface area contributed by atoms with Crippen LogP contribution < -0.4 is 4.31 Å². The largest absolute Gasteiger partial charge is 0.339 e. The number of benzene rings is 1. The van der Waals surface area contributed by atoms with Gasteiger partial charge in [-0.15, -0.1) is 0 Å². The van der Waals surface area contributed by atoms with E-state index in [9.17, 15) is 13.2 Å². The molecule has 1 amide bonds. The SMILES string of the molecule is CCCN(CC1CC1)C(=O)/C=C/c1ccc(N2CCCS2(=O)=O)cc1. The van der Waals surface area contributed by atoms with Gasteiger partial charge in [0.2, 0.25) is 15.9 Å². The number of carbonyl (C=O) groups excluding carboxylic acids is 1. The second kappa shape index (κ2) is 7.60. The van der Waals surface area contributed by atoms with Crippen LogP contribution in [0.2, 0.25) is 0 Å². The smallest absolute Gasteiger partial charge is 0.246 e. The average molecular weight is 362 g/mol. The zero-order valence-electron chi connectivity index (χ0n) is 14.7. The van der Waals surface area contributed by atoms with Crippen LogP contribution in [-0.4, -0.2) is 44.6 Å². The topological polar surface area (TPSA) is 57.7 Å². The molecule has 1 aliphatic carbocycles. The van der Waals surface area contributed by atoms with Gasteiger partial charge >= 0.3 is 0 Å². The molecule has 1 aromatic rings. The fraction of sp³-hybridized carbons (Fsp3) is 0.526. The molecule has 5 nitrogen and oxygen atoms in total. The van der Waals surface area contributed by atoms with E-state index in [-0.39, 0.29) is 11.7 Å². The van der Waals surface area contributed by atoms with E-state index in [4.69, 9.17) is 0 Å². The van der Waals surface area contributed by atoms with Gasteiger partial charge in [-0.2, -0.15) is 0 Å². The first-order chi connectivity index (χ1) is 12.0. The lowest BCUT2D eigenvalue weighted by Crippen LogP contribution is -2.32. The molecular weight excluding hydrogens is 336 g/mol. The maximum absolute atomic E-state index is 12.4. The second-order valence-corrected chi connectivity index (χ2v) is 8.91. The lowest BCUT2D eigenvalue weighted by atomic mass is 10.2. The van der Waals surface area contributed by atoms with Gasteiger partial charge in [-0.05, 0) is 55.4 Å². The van der Waals surface area contributed by atoms with Crippen molar-refractivity contribution in [3.63, 3.8) is 0 Å².